The third kappa shape index (κ3) is 3.82. The number of carbonyl (C=O) groups is 1. The molecule has 2 heterocycles. The number of aromatic nitrogens is 2. The van der Waals surface area contributed by atoms with Crippen molar-refractivity contribution in [2.24, 2.45) is 7.05 Å². The predicted octanol–water partition coefficient (Wildman–Crippen LogP) is 3.99. The molecule has 7 heteroatoms. The molecule has 1 aliphatic rings. The second kappa shape index (κ2) is 8.21. The number of ether oxygens (including phenoxy) is 2. The first-order chi connectivity index (χ1) is 14.1. The zero-order valence-corrected chi connectivity index (χ0v) is 17.5. The Labute approximate surface area is 174 Å². The van der Waals surface area contributed by atoms with Gasteiger partial charge < -0.3 is 14.4 Å². The van der Waals surface area contributed by atoms with Crippen molar-refractivity contribution in [1.82, 2.24) is 14.7 Å². The first kappa shape index (κ1) is 19.4. The van der Waals surface area contributed by atoms with Gasteiger partial charge in [0.15, 0.2) is 0 Å². The van der Waals surface area contributed by atoms with Crippen molar-refractivity contribution < 1.29 is 14.3 Å². The highest BCUT2D eigenvalue weighted by Crippen LogP contribution is 2.39. The maximum Gasteiger partial charge on any atom is 0.273 e. The molecule has 0 saturated carbocycles. The molecule has 1 saturated heterocycles. The monoisotopic (exact) mass is 409 g/mol. The van der Waals surface area contributed by atoms with Crippen LogP contribution in [0.5, 0.6) is 11.5 Å². The van der Waals surface area contributed by atoms with Crippen molar-refractivity contribution in [2.45, 2.75) is 5.37 Å². The number of methoxy groups -OCH3 is 2. The number of benzene rings is 2. The molecule has 0 spiro atoms. The second-order valence-electron chi connectivity index (χ2n) is 6.77. The number of aryl methyl sites for hydroxylation is 1. The van der Waals surface area contributed by atoms with E-state index in [2.05, 4.69) is 5.10 Å². The fourth-order valence-electron chi connectivity index (χ4n) is 3.46. The first-order valence-electron chi connectivity index (χ1n) is 9.35. The van der Waals surface area contributed by atoms with E-state index in [0.29, 0.717) is 12.2 Å². The summed E-state index contributed by atoms with van der Waals surface area (Å²) in [6.07, 6.45) is 0. The normalized spacial score (nSPS) is 16.1. The molecular weight excluding hydrogens is 386 g/mol. The lowest BCUT2D eigenvalue weighted by atomic mass is 10.1. The Bertz CT molecular complexity index is 1020. The van der Waals surface area contributed by atoms with E-state index in [1.54, 1.807) is 30.7 Å². The Hall–Kier alpha value is -2.93. The lowest BCUT2D eigenvalue weighted by Gasteiger charge is -2.24. The predicted molar refractivity (Wildman–Crippen MR) is 114 cm³/mol. The molecular formula is C22H23N3O3S. The fraction of sp³-hybridized carbons (Fsp3) is 0.273. The van der Waals surface area contributed by atoms with Crippen LogP contribution in [0.25, 0.3) is 11.3 Å². The molecule has 6 nitrogen and oxygen atoms in total. The minimum Gasteiger partial charge on any atom is -0.497 e. The van der Waals surface area contributed by atoms with E-state index in [0.717, 1.165) is 34.1 Å². The van der Waals surface area contributed by atoms with Crippen LogP contribution in [0.4, 0.5) is 0 Å². The molecule has 4 rings (SSSR count). The van der Waals surface area contributed by atoms with E-state index in [4.69, 9.17) is 9.47 Å². The second-order valence-corrected chi connectivity index (χ2v) is 7.95. The molecule has 1 atom stereocenters. The van der Waals surface area contributed by atoms with Crippen LogP contribution in [-0.4, -0.2) is 47.1 Å². The Balaban J connectivity index is 1.60. The average molecular weight is 410 g/mol. The summed E-state index contributed by atoms with van der Waals surface area (Å²) in [6, 6.07) is 17.4. The number of thioether (sulfide) groups is 1. The Kier molecular flexibility index (Phi) is 5.49. The zero-order valence-electron chi connectivity index (χ0n) is 16.7. The molecule has 0 aliphatic carbocycles. The van der Waals surface area contributed by atoms with Gasteiger partial charge in [-0.25, -0.2) is 0 Å². The van der Waals surface area contributed by atoms with Crippen LogP contribution in [0.3, 0.4) is 0 Å². The molecule has 0 radical (unpaired) electrons. The summed E-state index contributed by atoms with van der Waals surface area (Å²) in [5, 5.41) is 4.55. The standard InChI is InChI=1S/C22H23N3O3S/c1-24-20(14-19(23-24)16-5-4-6-18(13-16)28-3)21(26)25-11-12-29-22(25)15-7-9-17(27-2)10-8-15/h4-10,13-14,22H,11-12H2,1-3H3. The molecule has 0 bridgehead atoms. The highest BCUT2D eigenvalue weighted by molar-refractivity contribution is 7.99. The number of hydrogen-bond acceptors (Lipinski definition) is 5. The number of hydrogen-bond donors (Lipinski definition) is 0. The van der Waals surface area contributed by atoms with Crippen molar-refractivity contribution >= 4 is 17.7 Å². The van der Waals surface area contributed by atoms with Gasteiger partial charge in [-0.05, 0) is 35.9 Å². The number of rotatable bonds is 5. The molecule has 1 amide bonds. The zero-order chi connectivity index (χ0) is 20.4. The van der Waals surface area contributed by atoms with Crippen LogP contribution in [-0.2, 0) is 7.05 Å². The number of nitrogens with zero attached hydrogens (tertiary/aromatic N) is 3. The Morgan fingerprint density at radius 3 is 2.55 bits per heavy atom. The fourth-order valence-corrected chi connectivity index (χ4v) is 4.72. The lowest BCUT2D eigenvalue weighted by Crippen LogP contribution is -2.31. The summed E-state index contributed by atoms with van der Waals surface area (Å²) in [5.74, 6) is 2.46. The molecule has 150 valence electrons. The van der Waals surface area contributed by atoms with Crippen molar-refractivity contribution in [3.8, 4) is 22.8 Å². The SMILES string of the molecule is COc1ccc(C2SCCN2C(=O)c2cc(-c3cccc(OC)c3)nn2C)cc1. The highest BCUT2D eigenvalue weighted by atomic mass is 32.2. The van der Waals surface area contributed by atoms with Crippen molar-refractivity contribution in [2.75, 3.05) is 26.5 Å². The van der Waals surface area contributed by atoms with Crippen LogP contribution < -0.4 is 9.47 Å². The van der Waals surface area contributed by atoms with Crippen molar-refractivity contribution in [1.29, 1.82) is 0 Å². The molecule has 1 unspecified atom stereocenters. The molecule has 1 fully saturated rings. The van der Waals surface area contributed by atoms with Gasteiger partial charge in [0.2, 0.25) is 0 Å². The van der Waals surface area contributed by atoms with Gasteiger partial charge in [-0.3, -0.25) is 9.48 Å². The Morgan fingerprint density at radius 2 is 1.83 bits per heavy atom. The van der Waals surface area contributed by atoms with Gasteiger partial charge in [-0.1, -0.05) is 24.3 Å². The van der Waals surface area contributed by atoms with Crippen molar-refractivity contribution in [3.05, 3.63) is 65.9 Å². The summed E-state index contributed by atoms with van der Waals surface area (Å²) >= 11 is 1.77. The van der Waals surface area contributed by atoms with Crippen LogP contribution in [0, 0.1) is 0 Å². The first-order valence-corrected chi connectivity index (χ1v) is 10.4. The summed E-state index contributed by atoms with van der Waals surface area (Å²) in [6.45, 7) is 0.708. The largest absolute Gasteiger partial charge is 0.497 e. The van der Waals surface area contributed by atoms with Crippen molar-refractivity contribution in [3.63, 3.8) is 0 Å². The molecule has 1 aliphatic heterocycles. The summed E-state index contributed by atoms with van der Waals surface area (Å²) < 4.78 is 12.2. The minimum absolute atomic E-state index is 0.0106. The topological polar surface area (TPSA) is 56.6 Å². The average Bonchev–Trinajstić information content (AvgIpc) is 3.40. The van der Waals surface area contributed by atoms with Crippen LogP contribution >= 0.6 is 11.8 Å². The van der Waals surface area contributed by atoms with Crippen LogP contribution in [0.1, 0.15) is 21.4 Å². The van der Waals surface area contributed by atoms with E-state index in [1.165, 1.54) is 0 Å². The van der Waals surface area contributed by atoms with Gasteiger partial charge in [0.1, 0.15) is 22.6 Å². The maximum absolute atomic E-state index is 13.3. The van der Waals surface area contributed by atoms with E-state index >= 15 is 0 Å². The highest BCUT2D eigenvalue weighted by Gasteiger charge is 2.33. The van der Waals surface area contributed by atoms with Crippen LogP contribution in [0.15, 0.2) is 54.6 Å². The van der Waals surface area contributed by atoms with Crippen LogP contribution in [0.2, 0.25) is 0 Å². The molecule has 0 N–H and O–H groups in total. The quantitative estimate of drug-likeness (QED) is 0.638. The minimum atomic E-state index is -0.0139. The molecule has 2 aromatic carbocycles. The number of carbonyl (C=O) groups excluding carboxylic acids is 1. The smallest absolute Gasteiger partial charge is 0.273 e. The Morgan fingerprint density at radius 1 is 1.07 bits per heavy atom. The van der Waals surface area contributed by atoms with E-state index in [-0.39, 0.29) is 11.3 Å². The van der Waals surface area contributed by atoms with E-state index < -0.39 is 0 Å². The van der Waals surface area contributed by atoms with E-state index in [1.807, 2.05) is 66.5 Å². The summed E-state index contributed by atoms with van der Waals surface area (Å²) in [4.78, 5) is 15.3. The molecule has 29 heavy (non-hydrogen) atoms. The van der Waals surface area contributed by atoms with E-state index in [9.17, 15) is 4.79 Å². The van der Waals surface area contributed by atoms with Gasteiger partial charge in [-0.2, -0.15) is 5.10 Å². The molecule has 1 aromatic heterocycles. The van der Waals surface area contributed by atoms with Gasteiger partial charge in [-0.15, -0.1) is 11.8 Å². The summed E-state index contributed by atoms with van der Waals surface area (Å²) in [5.41, 5.74) is 3.34. The molecule has 3 aromatic rings. The maximum atomic E-state index is 13.3. The van der Waals surface area contributed by atoms with Gasteiger partial charge in [0.25, 0.3) is 5.91 Å². The number of amides is 1. The third-order valence-corrected chi connectivity index (χ3v) is 6.28. The lowest BCUT2D eigenvalue weighted by molar-refractivity contribution is 0.0749. The van der Waals surface area contributed by atoms with Gasteiger partial charge in [0.05, 0.1) is 19.9 Å². The van der Waals surface area contributed by atoms with Gasteiger partial charge >= 0.3 is 0 Å². The third-order valence-electron chi connectivity index (χ3n) is 5.02. The summed E-state index contributed by atoms with van der Waals surface area (Å²) in [7, 11) is 5.09. The van der Waals surface area contributed by atoms with Gasteiger partial charge in [0, 0.05) is 24.9 Å².